The molecule has 2 atom stereocenters. The number of rotatable bonds is 2. The van der Waals surface area contributed by atoms with E-state index >= 15 is 0 Å². The highest BCUT2D eigenvalue weighted by Crippen LogP contribution is 2.32. The first-order valence-corrected chi connectivity index (χ1v) is 6.38. The molecule has 3 fully saturated rings. The summed E-state index contributed by atoms with van der Waals surface area (Å²) in [5, 5.41) is 0. The molecule has 86 valence electrons. The van der Waals surface area contributed by atoms with Crippen molar-refractivity contribution in [2.45, 2.75) is 31.3 Å². The first-order chi connectivity index (χ1) is 7.84. The van der Waals surface area contributed by atoms with Crippen LogP contribution in [-0.2, 0) is 6.42 Å². The van der Waals surface area contributed by atoms with Gasteiger partial charge < -0.3 is 5.73 Å². The molecule has 0 amide bonds. The van der Waals surface area contributed by atoms with Crippen LogP contribution in [0.3, 0.4) is 0 Å². The normalized spacial score (nSPS) is 37.6. The topological polar surface area (TPSA) is 29.3 Å². The Morgan fingerprint density at radius 3 is 2.44 bits per heavy atom. The lowest BCUT2D eigenvalue weighted by molar-refractivity contribution is 0.0288. The standard InChI is InChI=1S/C14H20N2/c15-14-12-6-8-16(9-7-12)13(14)10-11-4-2-1-3-5-11/h1-5,12-14H,6-10,15H2/t13-,14+/m1/s1. The highest BCUT2D eigenvalue weighted by Gasteiger charge is 2.39. The van der Waals surface area contributed by atoms with Crippen molar-refractivity contribution < 1.29 is 0 Å². The average Bonchev–Trinajstić information content (AvgIpc) is 2.36. The Morgan fingerprint density at radius 1 is 1.12 bits per heavy atom. The number of fused-ring (bicyclic) bond motifs is 3. The summed E-state index contributed by atoms with van der Waals surface area (Å²) in [6.07, 6.45) is 3.75. The molecule has 1 aromatic carbocycles. The number of hydrogen-bond acceptors (Lipinski definition) is 2. The Balaban J connectivity index is 1.75. The third-order valence-corrected chi connectivity index (χ3v) is 4.32. The van der Waals surface area contributed by atoms with E-state index in [-0.39, 0.29) is 0 Å². The maximum Gasteiger partial charge on any atom is 0.0290 e. The molecular formula is C14H20N2. The van der Waals surface area contributed by atoms with Crippen LogP contribution in [0.4, 0.5) is 0 Å². The van der Waals surface area contributed by atoms with Gasteiger partial charge in [-0.15, -0.1) is 0 Å². The van der Waals surface area contributed by atoms with Gasteiger partial charge in [0.05, 0.1) is 0 Å². The minimum absolute atomic E-state index is 0.391. The first-order valence-electron chi connectivity index (χ1n) is 6.38. The van der Waals surface area contributed by atoms with Crippen molar-refractivity contribution in [1.29, 1.82) is 0 Å². The molecule has 1 aromatic rings. The molecule has 3 aliphatic rings. The predicted octanol–water partition coefficient (Wildman–Crippen LogP) is 1.65. The maximum absolute atomic E-state index is 6.37. The lowest BCUT2D eigenvalue weighted by Gasteiger charge is -2.49. The molecule has 0 saturated carbocycles. The van der Waals surface area contributed by atoms with Crippen LogP contribution in [0.15, 0.2) is 30.3 Å². The van der Waals surface area contributed by atoms with E-state index in [1.54, 1.807) is 0 Å². The molecule has 0 unspecified atom stereocenters. The largest absolute Gasteiger partial charge is 0.326 e. The molecule has 3 saturated heterocycles. The minimum Gasteiger partial charge on any atom is -0.326 e. The average molecular weight is 216 g/mol. The van der Waals surface area contributed by atoms with E-state index in [1.807, 2.05) is 0 Å². The Hall–Kier alpha value is -0.860. The van der Waals surface area contributed by atoms with E-state index < -0.39 is 0 Å². The summed E-state index contributed by atoms with van der Waals surface area (Å²) in [5.74, 6) is 0.777. The fourth-order valence-corrected chi connectivity index (χ4v) is 3.31. The lowest BCUT2D eigenvalue weighted by atomic mass is 9.77. The fraction of sp³-hybridized carbons (Fsp3) is 0.571. The van der Waals surface area contributed by atoms with Crippen LogP contribution in [0.1, 0.15) is 18.4 Å². The third kappa shape index (κ3) is 1.76. The van der Waals surface area contributed by atoms with E-state index in [4.69, 9.17) is 5.73 Å². The van der Waals surface area contributed by atoms with Crippen LogP contribution in [0.2, 0.25) is 0 Å². The monoisotopic (exact) mass is 216 g/mol. The summed E-state index contributed by atoms with van der Waals surface area (Å²) in [6.45, 7) is 2.52. The van der Waals surface area contributed by atoms with Crippen LogP contribution in [0.5, 0.6) is 0 Å². The SMILES string of the molecule is N[C@H]1C2CCN(CC2)[C@@H]1Cc1ccccc1. The highest BCUT2D eigenvalue weighted by molar-refractivity contribution is 5.17. The number of benzene rings is 1. The second-order valence-corrected chi connectivity index (χ2v) is 5.21. The summed E-state index contributed by atoms with van der Waals surface area (Å²) in [7, 11) is 0. The minimum atomic E-state index is 0.391. The van der Waals surface area contributed by atoms with Gasteiger partial charge in [0.2, 0.25) is 0 Å². The molecule has 16 heavy (non-hydrogen) atoms. The second-order valence-electron chi connectivity index (χ2n) is 5.21. The van der Waals surface area contributed by atoms with Gasteiger partial charge in [0.15, 0.2) is 0 Å². The van der Waals surface area contributed by atoms with Crippen LogP contribution in [0.25, 0.3) is 0 Å². The molecule has 0 radical (unpaired) electrons. The van der Waals surface area contributed by atoms with Gasteiger partial charge >= 0.3 is 0 Å². The van der Waals surface area contributed by atoms with Gasteiger partial charge in [0, 0.05) is 12.1 Å². The lowest BCUT2D eigenvalue weighted by Crippen LogP contribution is -2.61. The van der Waals surface area contributed by atoms with Crippen molar-refractivity contribution in [3.63, 3.8) is 0 Å². The Labute approximate surface area is 97.4 Å². The summed E-state index contributed by atoms with van der Waals surface area (Å²) >= 11 is 0. The zero-order valence-electron chi connectivity index (χ0n) is 9.68. The third-order valence-electron chi connectivity index (χ3n) is 4.32. The van der Waals surface area contributed by atoms with E-state index in [0.29, 0.717) is 12.1 Å². The van der Waals surface area contributed by atoms with Gasteiger partial charge in [-0.05, 0) is 43.8 Å². The van der Waals surface area contributed by atoms with Gasteiger partial charge in [-0.25, -0.2) is 0 Å². The quantitative estimate of drug-likeness (QED) is 0.814. The van der Waals surface area contributed by atoms with E-state index in [9.17, 15) is 0 Å². The molecule has 0 aromatic heterocycles. The van der Waals surface area contributed by atoms with Gasteiger partial charge in [0.1, 0.15) is 0 Å². The summed E-state index contributed by atoms with van der Waals surface area (Å²) < 4.78 is 0. The Kier molecular flexibility index (Phi) is 2.70. The van der Waals surface area contributed by atoms with Crippen LogP contribution in [-0.4, -0.2) is 30.1 Å². The van der Waals surface area contributed by atoms with Crippen molar-refractivity contribution in [2.24, 2.45) is 11.7 Å². The number of nitrogens with zero attached hydrogens (tertiary/aromatic N) is 1. The first kappa shape index (κ1) is 10.3. The number of nitrogens with two attached hydrogens (primary N) is 1. The van der Waals surface area contributed by atoms with Crippen LogP contribution < -0.4 is 5.73 Å². The maximum atomic E-state index is 6.37. The van der Waals surface area contributed by atoms with Crippen LogP contribution >= 0.6 is 0 Å². The van der Waals surface area contributed by atoms with E-state index in [2.05, 4.69) is 35.2 Å². The van der Waals surface area contributed by atoms with Crippen molar-refractivity contribution in [3.05, 3.63) is 35.9 Å². The molecule has 0 spiro atoms. The van der Waals surface area contributed by atoms with Crippen molar-refractivity contribution in [2.75, 3.05) is 13.1 Å². The van der Waals surface area contributed by atoms with Gasteiger partial charge in [-0.1, -0.05) is 30.3 Å². The summed E-state index contributed by atoms with van der Waals surface area (Å²) in [4.78, 5) is 2.59. The molecule has 4 rings (SSSR count). The fourth-order valence-electron chi connectivity index (χ4n) is 3.31. The van der Waals surface area contributed by atoms with E-state index in [1.165, 1.54) is 31.5 Å². The molecule has 2 N–H and O–H groups in total. The smallest absolute Gasteiger partial charge is 0.0290 e. The summed E-state index contributed by atoms with van der Waals surface area (Å²) in [6, 6.07) is 11.7. The van der Waals surface area contributed by atoms with Crippen molar-refractivity contribution in [3.8, 4) is 0 Å². The van der Waals surface area contributed by atoms with Crippen LogP contribution in [0, 0.1) is 5.92 Å². The summed E-state index contributed by atoms with van der Waals surface area (Å²) in [5.41, 5.74) is 7.80. The number of piperidine rings is 3. The molecule has 2 bridgehead atoms. The van der Waals surface area contributed by atoms with Gasteiger partial charge in [-0.2, -0.15) is 0 Å². The zero-order valence-corrected chi connectivity index (χ0v) is 9.68. The molecule has 2 heteroatoms. The van der Waals surface area contributed by atoms with Gasteiger partial charge in [-0.3, -0.25) is 4.90 Å². The van der Waals surface area contributed by atoms with Crippen molar-refractivity contribution >= 4 is 0 Å². The van der Waals surface area contributed by atoms with E-state index in [0.717, 1.165) is 12.3 Å². The zero-order chi connectivity index (χ0) is 11.0. The van der Waals surface area contributed by atoms with Gasteiger partial charge in [0.25, 0.3) is 0 Å². The predicted molar refractivity (Wildman–Crippen MR) is 66.2 cm³/mol. The van der Waals surface area contributed by atoms with Crippen molar-refractivity contribution in [1.82, 2.24) is 4.90 Å². The Morgan fingerprint density at radius 2 is 1.81 bits per heavy atom. The molecule has 3 heterocycles. The highest BCUT2D eigenvalue weighted by atomic mass is 15.2. The molecular weight excluding hydrogens is 196 g/mol. The molecule has 2 nitrogen and oxygen atoms in total. The Bertz CT molecular complexity index is 339. The number of hydrogen-bond donors (Lipinski definition) is 1. The molecule has 0 aliphatic carbocycles. The molecule has 3 aliphatic heterocycles. The second kappa shape index (κ2) is 4.19.